The zero-order valence-electron chi connectivity index (χ0n) is 24.4. The standard InChI is InChI=1S/C30H41F3N4O4/c1-20-16-37(21(2)19-38)29(40)25-15-24(34-28(39)7-6-14-35(3)4)12-13-26(25)41-27(20)18-36(5)17-22-8-10-23(11-9-22)30(31,32)33/h8-13,15,20-21,27,38H,6-7,14,16-19H2,1-5H3,(H,34,39)/t20-,21-,27+/m0/s1. The van der Waals surface area contributed by atoms with Gasteiger partial charge in [0.05, 0.1) is 23.8 Å². The van der Waals surface area contributed by atoms with E-state index in [4.69, 9.17) is 4.74 Å². The molecule has 0 aromatic heterocycles. The third kappa shape index (κ3) is 9.17. The maximum atomic E-state index is 13.6. The van der Waals surface area contributed by atoms with Gasteiger partial charge in [-0.05, 0) is 76.9 Å². The van der Waals surface area contributed by atoms with Gasteiger partial charge in [0.25, 0.3) is 5.91 Å². The fourth-order valence-corrected chi connectivity index (χ4v) is 4.78. The first-order valence-electron chi connectivity index (χ1n) is 13.8. The highest BCUT2D eigenvalue weighted by Gasteiger charge is 2.34. The molecule has 0 unspecified atom stereocenters. The van der Waals surface area contributed by atoms with Crippen LogP contribution in [0.1, 0.15) is 48.2 Å². The van der Waals surface area contributed by atoms with Gasteiger partial charge in [-0.25, -0.2) is 0 Å². The number of anilines is 1. The number of nitrogens with one attached hydrogen (secondary N) is 1. The fraction of sp³-hybridized carbons (Fsp3) is 0.533. The predicted octanol–water partition coefficient (Wildman–Crippen LogP) is 4.34. The lowest BCUT2D eigenvalue weighted by Gasteiger charge is -2.38. The lowest BCUT2D eigenvalue weighted by molar-refractivity contribution is -0.137. The summed E-state index contributed by atoms with van der Waals surface area (Å²) in [6.45, 7) is 5.50. The van der Waals surface area contributed by atoms with Crippen molar-refractivity contribution >= 4 is 17.5 Å². The zero-order chi connectivity index (χ0) is 30.3. The number of halogens is 3. The highest BCUT2D eigenvalue weighted by Crippen LogP contribution is 2.32. The second kappa shape index (κ2) is 14.2. The second-order valence-corrected chi connectivity index (χ2v) is 11.2. The molecule has 2 aromatic rings. The summed E-state index contributed by atoms with van der Waals surface area (Å²) >= 11 is 0. The number of amides is 2. The Labute approximate surface area is 240 Å². The lowest BCUT2D eigenvalue weighted by Crippen LogP contribution is -2.49. The molecule has 8 nitrogen and oxygen atoms in total. The number of nitrogens with zero attached hydrogens (tertiary/aromatic N) is 3. The number of fused-ring (bicyclic) bond motifs is 1. The van der Waals surface area contributed by atoms with Gasteiger partial charge >= 0.3 is 6.18 Å². The Morgan fingerprint density at radius 1 is 1.17 bits per heavy atom. The number of ether oxygens (including phenoxy) is 1. The van der Waals surface area contributed by atoms with Gasteiger partial charge in [-0.2, -0.15) is 13.2 Å². The van der Waals surface area contributed by atoms with Crippen molar-refractivity contribution in [1.29, 1.82) is 0 Å². The van der Waals surface area contributed by atoms with E-state index in [-0.39, 0.29) is 30.4 Å². The number of benzene rings is 2. The van der Waals surface area contributed by atoms with E-state index in [1.165, 1.54) is 12.1 Å². The van der Waals surface area contributed by atoms with Gasteiger partial charge in [0.2, 0.25) is 5.91 Å². The monoisotopic (exact) mass is 578 g/mol. The lowest BCUT2D eigenvalue weighted by atomic mass is 9.99. The van der Waals surface area contributed by atoms with Crippen LogP contribution >= 0.6 is 0 Å². The van der Waals surface area contributed by atoms with Crippen LogP contribution in [0, 0.1) is 5.92 Å². The third-order valence-electron chi connectivity index (χ3n) is 7.18. The number of hydrogen-bond acceptors (Lipinski definition) is 6. The molecule has 3 rings (SSSR count). The Balaban J connectivity index is 1.80. The van der Waals surface area contributed by atoms with E-state index in [1.54, 1.807) is 30.0 Å². The maximum absolute atomic E-state index is 13.6. The summed E-state index contributed by atoms with van der Waals surface area (Å²) in [5.41, 5.74) is 0.816. The normalized spacial score (nSPS) is 18.5. The first kappa shape index (κ1) is 32.4. The zero-order valence-corrected chi connectivity index (χ0v) is 24.4. The van der Waals surface area contributed by atoms with Crippen molar-refractivity contribution in [2.75, 3.05) is 52.7 Å². The molecular weight excluding hydrogens is 537 g/mol. The van der Waals surface area contributed by atoms with Crippen molar-refractivity contribution < 1.29 is 32.6 Å². The molecule has 0 radical (unpaired) electrons. The number of carbonyl (C=O) groups excluding carboxylic acids is 2. The Morgan fingerprint density at radius 3 is 2.46 bits per heavy atom. The van der Waals surface area contributed by atoms with Gasteiger partial charge in [0.15, 0.2) is 0 Å². The number of aliphatic hydroxyl groups excluding tert-OH is 1. The minimum Gasteiger partial charge on any atom is -0.488 e. The van der Waals surface area contributed by atoms with E-state index >= 15 is 0 Å². The third-order valence-corrected chi connectivity index (χ3v) is 7.18. The summed E-state index contributed by atoms with van der Waals surface area (Å²) in [6, 6.07) is 9.63. The molecule has 41 heavy (non-hydrogen) atoms. The van der Waals surface area contributed by atoms with E-state index in [0.29, 0.717) is 49.5 Å². The molecule has 3 atom stereocenters. The number of alkyl halides is 3. The summed E-state index contributed by atoms with van der Waals surface area (Å²) in [4.78, 5) is 31.7. The topological polar surface area (TPSA) is 85.3 Å². The van der Waals surface area contributed by atoms with Crippen LogP contribution in [0.4, 0.5) is 18.9 Å². The molecular formula is C30H41F3N4O4. The van der Waals surface area contributed by atoms with Crippen molar-refractivity contribution in [3.63, 3.8) is 0 Å². The summed E-state index contributed by atoms with van der Waals surface area (Å²) in [5, 5.41) is 12.7. The minimum atomic E-state index is -4.39. The largest absolute Gasteiger partial charge is 0.488 e. The predicted molar refractivity (Wildman–Crippen MR) is 152 cm³/mol. The molecule has 2 amide bonds. The number of rotatable bonds is 11. The maximum Gasteiger partial charge on any atom is 0.416 e. The molecule has 1 heterocycles. The van der Waals surface area contributed by atoms with E-state index < -0.39 is 17.8 Å². The Kier molecular flexibility index (Phi) is 11.2. The highest BCUT2D eigenvalue weighted by molar-refractivity contribution is 5.99. The molecule has 0 fully saturated rings. The van der Waals surface area contributed by atoms with Gasteiger partial charge in [-0.15, -0.1) is 0 Å². The molecule has 1 aliphatic heterocycles. The Hall–Kier alpha value is -3.15. The van der Waals surface area contributed by atoms with E-state index in [1.807, 2.05) is 37.9 Å². The van der Waals surface area contributed by atoms with Crippen molar-refractivity contribution in [2.45, 2.75) is 51.6 Å². The van der Waals surface area contributed by atoms with E-state index in [9.17, 15) is 27.9 Å². The van der Waals surface area contributed by atoms with Gasteiger partial charge in [-0.3, -0.25) is 14.5 Å². The second-order valence-electron chi connectivity index (χ2n) is 11.2. The van der Waals surface area contributed by atoms with E-state index in [0.717, 1.165) is 24.2 Å². The van der Waals surface area contributed by atoms with Crippen LogP contribution in [0.2, 0.25) is 0 Å². The molecule has 0 saturated carbocycles. The van der Waals surface area contributed by atoms with Crippen molar-refractivity contribution in [1.82, 2.24) is 14.7 Å². The van der Waals surface area contributed by atoms with Crippen LogP contribution in [0.3, 0.4) is 0 Å². The molecule has 0 spiro atoms. The summed E-state index contributed by atoms with van der Waals surface area (Å²) in [6.07, 6.45) is -3.70. The van der Waals surface area contributed by atoms with Crippen LogP contribution < -0.4 is 10.1 Å². The molecule has 0 aliphatic carbocycles. The average Bonchev–Trinajstić information content (AvgIpc) is 2.90. The van der Waals surface area contributed by atoms with Gasteiger partial charge in [0.1, 0.15) is 11.9 Å². The first-order valence-corrected chi connectivity index (χ1v) is 13.8. The van der Waals surface area contributed by atoms with Crippen LogP contribution in [0.5, 0.6) is 5.75 Å². The van der Waals surface area contributed by atoms with Crippen LogP contribution in [-0.4, -0.2) is 91.2 Å². The fourth-order valence-electron chi connectivity index (χ4n) is 4.78. The number of carbonyl (C=O) groups is 2. The minimum absolute atomic E-state index is 0.118. The van der Waals surface area contributed by atoms with Crippen molar-refractivity contribution in [3.8, 4) is 5.75 Å². The quantitative estimate of drug-likeness (QED) is 0.413. The molecule has 2 N–H and O–H groups in total. The molecule has 0 bridgehead atoms. The first-order chi connectivity index (χ1) is 19.3. The Bertz CT molecular complexity index is 1170. The smallest absolute Gasteiger partial charge is 0.416 e. The van der Waals surface area contributed by atoms with Gasteiger partial charge in [-0.1, -0.05) is 19.1 Å². The van der Waals surface area contributed by atoms with E-state index in [2.05, 4.69) is 5.32 Å². The van der Waals surface area contributed by atoms with Gasteiger partial charge in [0, 0.05) is 37.7 Å². The summed E-state index contributed by atoms with van der Waals surface area (Å²) < 4.78 is 45.2. The molecule has 11 heteroatoms. The van der Waals surface area contributed by atoms with Crippen LogP contribution in [0.15, 0.2) is 42.5 Å². The number of likely N-dealkylation sites (N-methyl/N-ethyl adjacent to an activating group) is 1. The average molecular weight is 579 g/mol. The molecule has 1 aliphatic rings. The number of aliphatic hydroxyl groups is 1. The highest BCUT2D eigenvalue weighted by atomic mass is 19.4. The van der Waals surface area contributed by atoms with Crippen LogP contribution in [-0.2, 0) is 17.5 Å². The Morgan fingerprint density at radius 2 is 1.85 bits per heavy atom. The van der Waals surface area contributed by atoms with Gasteiger partial charge < -0.3 is 25.0 Å². The SMILES string of the molecule is C[C@H]1CN([C@@H](C)CO)C(=O)c2cc(NC(=O)CCCN(C)C)ccc2O[C@@H]1CN(C)Cc1ccc(C(F)(F)F)cc1. The van der Waals surface area contributed by atoms with Crippen LogP contribution in [0.25, 0.3) is 0 Å². The molecule has 0 saturated heterocycles. The van der Waals surface area contributed by atoms with Crippen molar-refractivity contribution in [2.24, 2.45) is 5.92 Å². The molecule has 2 aromatic carbocycles. The summed E-state index contributed by atoms with van der Waals surface area (Å²) in [7, 11) is 5.75. The molecule has 226 valence electrons. The number of hydrogen-bond donors (Lipinski definition) is 2. The summed E-state index contributed by atoms with van der Waals surface area (Å²) in [5.74, 6) is -0.195. The van der Waals surface area contributed by atoms with Crippen molar-refractivity contribution in [3.05, 3.63) is 59.2 Å².